The molecule has 0 atom stereocenters. The van der Waals surface area contributed by atoms with Crippen LogP contribution in [-0.2, 0) is 6.54 Å². The van der Waals surface area contributed by atoms with E-state index in [0.717, 1.165) is 27.7 Å². The molecule has 6 aromatic rings. The summed E-state index contributed by atoms with van der Waals surface area (Å²) >= 11 is 0. The summed E-state index contributed by atoms with van der Waals surface area (Å²) in [6.07, 6.45) is 1.72. The summed E-state index contributed by atoms with van der Waals surface area (Å²) in [5.74, 6) is 2.04. The monoisotopic (exact) mass is 500 g/mol. The van der Waals surface area contributed by atoms with Crippen LogP contribution in [0.15, 0.2) is 82.2 Å². The van der Waals surface area contributed by atoms with Gasteiger partial charge in [-0.25, -0.2) is 4.98 Å². The Balaban J connectivity index is 1.47. The van der Waals surface area contributed by atoms with Crippen molar-refractivity contribution in [3.63, 3.8) is 0 Å². The van der Waals surface area contributed by atoms with Crippen molar-refractivity contribution >= 4 is 21.8 Å². The second-order valence-electron chi connectivity index (χ2n) is 9.63. The summed E-state index contributed by atoms with van der Waals surface area (Å²) in [5.41, 5.74) is 4.08. The second-order valence-corrected chi connectivity index (χ2v) is 9.63. The number of nitrogens with zero attached hydrogens (tertiary/aromatic N) is 6. The molecule has 0 aliphatic heterocycles. The molecule has 0 fully saturated rings. The van der Waals surface area contributed by atoms with Crippen LogP contribution >= 0.6 is 0 Å². The van der Waals surface area contributed by atoms with E-state index >= 15 is 0 Å². The second kappa shape index (κ2) is 9.12. The molecule has 3 heterocycles. The molecule has 186 valence electrons. The van der Waals surface area contributed by atoms with E-state index in [1.54, 1.807) is 35.9 Å². The molecule has 0 bridgehead atoms. The average molecular weight is 501 g/mol. The highest BCUT2D eigenvalue weighted by Crippen LogP contribution is 2.26. The Morgan fingerprint density at radius 1 is 1.00 bits per heavy atom. The highest BCUT2D eigenvalue weighted by Gasteiger charge is 2.19. The molecule has 0 spiro atoms. The van der Waals surface area contributed by atoms with Crippen LogP contribution in [0.5, 0.6) is 0 Å². The first kappa shape index (κ1) is 23.4. The summed E-state index contributed by atoms with van der Waals surface area (Å²) in [6.45, 7) is 6.41. The molecular formula is C30H24N6O2. The minimum Gasteiger partial charge on any atom is -0.339 e. The van der Waals surface area contributed by atoms with Gasteiger partial charge in [-0.1, -0.05) is 49.3 Å². The van der Waals surface area contributed by atoms with E-state index in [4.69, 9.17) is 9.51 Å². The Morgan fingerprint density at radius 2 is 1.84 bits per heavy atom. The Bertz CT molecular complexity index is 1940. The topological polar surface area (TPSA) is 103 Å². The maximum Gasteiger partial charge on any atom is 0.281 e. The third-order valence-corrected chi connectivity index (χ3v) is 6.63. The third-order valence-electron chi connectivity index (χ3n) is 6.63. The van der Waals surface area contributed by atoms with Gasteiger partial charge in [0.15, 0.2) is 0 Å². The molecule has 0 aliphatic carbocycles. The fraction of sp³-hybridized carbons (Fsp3) is 0.167. The quantitative estimate of drug-likeness (QED) is 0.299. The van der Waals surface area contributed by atoms with Crippen molar-refractivity contribution in [2.75, 3.05) is 0 Å². The lowest BCUT2D eigenvalue weighted by molar-refractivity contribution is 0.394. The lowest BCUT2D eigenvalue weighted by atomic mass is 10.0. The first-order valence-electron chi connectivity index (χ1n) is 12.4. The van der Waals surface area contributed by atoms with Crippen LogP contribution < -0.4 is 5.56 Å². The zero-order valence-corrected chi connectivity index (χ0v) is 21.2. The van der Waals surface area contributed by atoms with Gasteiger partial charge in [0, 0.05) is 36.8 Å². The Kier molecular flexibility index (Phi) is 5.61. The highest BCUT2D eigenvalue weighted by atomic mass is 16.5. The van der Waals surface area contributed by atoms with Gasteiger partial charge in [0.05, 0.1) is 17.1 Å². The van der Waals surface area contributed by atoms with Gasteiger partial charge in [-0.2, -0.15) is 10.2 Å². The predicted molar refractivity (Wildman–Crippen MR) is 145 cm³/mol. The van der Waals surface area contributed by atoms with E-state index < -0.39 is 0 Å². The van der Waals surface area contributed by atoms with E-state index in [9.17, 15) is 10.1 Å². The number of rotatable bonds is 5. The molecule has 38 heavy (non-hydrogen) atoms. The maximum absolute atomic E-state index is 13.8. The molecule has 0 saturated carbocycles. The van der Waals surface area contributed by atoms with Crippen LogP contribution in [-0.4, -0.2) is 24.3 Å². The zero-order chi connectivity index (χ0) is 26.4. The first-order chi connectivity index (χ1) is 18.4. The van der Waals surface area contributed by atoms with E-state index in [-0.39, 0.29) is 11.5 Å². The van der Waals surface area contributed by atoms with Crippen LogP contribution in [0.4, 0.5) is 0 Å². The molecule has 0 amide bonds. The fourth-order valence-corrected chi connectivity index (χ4v) is 4.82. The number of aryl methyl sites for hydroxylation is 1. The molecule has 8 nitrogen and oxygen atoms in total. The van der Waals surface area contributed by atoms with Crippen LogP contribution in [0, 0.1) is 18.3 Å². The standard InChI is InChI=1S/C30H24N6O2/c1-18(2)29-33-26-11-12-35(25-6-4-5-20(14-25)16-31)30(37)27(26)36(29)17-21-7-8-22-9-10-23(15-24(22)13-21)28-32-19(3)38-34-28/h4-15,18H,17H2,1-3H3. The smallest absolute Gasteiger partial charge is 0.281 e. The van der Waals surface area contributed by atoms with Gasteiger partial charge in [0.2, 0.25) is 11.7 Å². The normalized spacial score (nSPS) is 11.4. The summed E-state index contributed by atoms with van der Waals surface area (Å²) < 4.78 is 8.74. The summed E-state index contributed by atoms with van der Waals surface area (Å²) in [6, 6.07) is 23.4. The molecule has 3 aromatic carbocycles. The third kappa shape index (κ3) is 4.04. The number of benzene rings is 3. The molecule has 8 heteroatoms. The van der Waals surface area contributed by atoms with E-state index in [1.165, 1.54) is 0 Å². The molecule has 3 aromatic heterocycles. The molecule has 0 radical (unpaired) electrons. The number of pyridine rings is 1. The van der Waals surface area contributed by atoms with Crippen molar-refractivity contribution < 1.29 is 4.52 Å². The van der Waals surface area contributed by atoms with E-state index in [1.807, 2.05) is 34.9 Å². The molecule has 6 rings (SSSR count). The molecular weight excluding hydrogens is 476 g/mol. The predicted octanol–water partition coefficient (Wildman–Crippen LogP) is 5.74. The molecule has 0 aliphatic rings. The highest BCUT2D eigenvalue weighted by molar-refractivity contribution is 5.87. The maximum atomic E-state index is 13.8. The Morgan fingerprint density at radius 3 is 2.61 bits per heavy atom. The number of hydrogen-bond acceptors (Lipinski definition) is 6. The van der Waals surface area contributed by atoms with Crippen molar-refractivity contribution in [1.82, 2.24) is 24.3 Å². The van der Waals surface area contributed by atoms with Crippen molar-refractivity contribution in [3.8, 4) is 23.1 Å². The SMILES string of the molecule is Cc1nc(-c2ccc3ccc(Cn4c(C(C)C)nc5ccn(-c6cccc(C#N)c6)c(=O)c54)cc3c2)no1. The van der Waals surface area contributed by atoms with Gasteiger partial charge in [0.25, 0.3) is 5.56 Å². The van der Waals surface area contributed by atoms with Crippen LogP contribution in [0.2, 0.25) is 0 Å². The lowest BCUT2D eigenvalue weighted by Gasteiger charge is -2.13. The summed E-state index contributed by atoms with van der Waals surface area (Å²) in [5, 5.41) is 15.5. The zero-order valence-electron chi connectivity index (χ0n) is 21.2. The minimum absolute atomic E-state index is 0.116. The number of hydrogen-bond donors (Lipinski definition) is 0. The lowest BCUT2D eigenvalue weighted by Crippen LogP contribution is -2.21. The van der Waals surface area contributed by atoms with Crippen molar-refractivity contribution in [1.29, 1.82) is 5.26 Å². The molecule has 0 unspecified atom stereocenters. The van der Waals surface area contributed by atoms with E-state index in [0.29, 0.717) is 40.5 Å². The largest absolute Gasteiger partial charge is 0.339 e. The summed E-state index contributed by atoms with van der Waals surface area (Å²) in [7, 11) is 0. The number of aromatic nitrogens is 5. The van der Waals surface area contributed by atoms with Crippen LogP contribution in [0.1, 0.15) is 42.6 Å². The number of fused-ring (bicyclic) bond motifs is 2. The van der Waals surface area contributed by atoms with Crippen LogP contribution in [0.25, 0.3) is 38.9 Å². The molecule has 0 N–H and O–H groups in total. The van der Waals surface area contributed by atoms with Gasteiger partial charge in [0.1, 0.15) is 11.3 Å². The van der Waals surface area contributed by atoms with Gasteiger partial charge in [-0.3, -0.25) is 9.36 Å². The van der Waals surface area contributed by atoms with E-state index in [2.05, 4.69) is 48.3 Å². The number of nitriles is 1. The average Bonchev–Trinajstić information content (AvgIpc) is 3.52. The van der Waals surface area contributed by atoms with Gasteiger partial charge < -0.3 is 9.09 Å². The molecule has 0 saturated heterocycles. The van der Waals surface area contributed by atoms with Gasteiger partial charge in [-0.05, 0) is 52.7 Å². The van der Waals surface area contributed by atoms with Gasteiger partial charge >= 0.3 is 0 Å². The minimum atomic E-state index is -0.174. The van der Waals surface area contributed by atoms with Crippen molar-refractivity contribution in [2.24, 2.45) is 0 Å². The first-order valence-corrected chi connectivity index (χ1v) is 12.4. The number of imidazole rings is 1. The van der Waals surface area contributed by atoms with Crippen LogP contribution in [0.3, 0.4) is 0 Å². The Hall–Kier alpha value is -5.03. The van der Waals surface area contributed by atoms with Crippen molar-refractivity contribution in [2.45, 2.75) is 33.2 Å². The fourth-order valence-electron chi connectivity index (χ4n) is 4.82. The van der Waals surface area contributed by atoms with Crippen molar-refractivity contribution in [3.05, 3.63) is 106 Å². The Labute approximate surface area is 218 Å². The van der Waals surface area contributed by atoms with Gasteiger partial charge in [-0.15, -0.1) is 0 Å². The summed E-state index contributed by atoms with van der Waals surface area (Å²) in [4.78, 5) is 23.0.